The molecule has 0 radical (unpaired) electrons. The van der Waals surface area contributed by atoms with Crippen LogP contribution in [0.15, 0.2) is 47.4 Å². The van der Waals surface area contributed by atoms with Crippen molar-refractivity contribution in [2.45, 2.75) is 16.4 Å². The van der Waals surface area contributed by atoms with Crippen LogP contribution in [0.4, 0.5) is 0 Å². The van der Waals surface area contributed by atoms with Crippen LogP contribution in [0.25, 0.3) is 10.9 Å². The third-order valence-electron chi connectivity index (χ3n) is 6.82. The van der Waals surface area contributed by atoms with Crippen molar-refractivity contribution >= 4 is 20.9 Å². The number of aryl methyl sites for hydroxylation is 1. The van der Waals surface area contributed by atoms with Gasteiger partial charge in [-0.1, -0.05) is 6.07 Å². The molecule has 1 fully saturated rings. The fourth-order valence-corrected chi connectivity index (χ4v) is 6.81. The van der Waals surface area contributed by atoms with Crippen molar-refractivity contribution in [2.75, 3.05) is 40.5 Å². The molecule has 3 heterocycles. The molecule has 0 unspecified atom stereocenters. The zero-order valence-corrected chi connectivity index (χ0v) is 19.1. The van der Waals surface area contributed by atoms with E-state index < -0.39 is 10.0 Å². The molecule has 2 aromatic carbocycles. The standard InChI is InChI=1S/C23H27N3O5S/c1-25-20-10-16(31-3)7-8-18(20)21-22(25)19(11-27)24-12-23(21)13-26(14-23)32(28,29)17-6-4-5-15(9-17)30-2/h4-10,19,24,27H,11-14H2,1-3H3/t19-/m1/s1. The predicted molar refractivity (Wildman–Crippen MR) is 121 cm³/mol. The second-order valence-electron chi connectivity index (χ2n) is 8.55. The highest BCUT2D eigenvalue weighted by Crippen LogP contribution is 2.48. The Balaban J connectivity index is 1.56. The van der Waals surface area contributed by atoms with Gasteiger partial charge in [-0.2, -0.15) is 4.31 Å². The summed E-state index contributed by atoms with van der Waals surface area (Å²) in [6, 6.07) is 12.3. The van der Waals surface area contributed by atoms with Crippen molar-refractivity contribution in [3.63, 3.8) is 0 Å². The number of aliphatic hydroxyl groups is 1. The molecule has 3 aromatic rings. The summed E-state index contributed by atoms with van der Waals surface area (Å²) in [5, 5.41) is 14.5. The number of hydrogen-bond acceptors (Lipinski definition) is 6. The number of rotatable bonds is 5. The van der Waals surface area contributed by atoms with Crippen molar-refractivity contribution in [1.82, 2.24) is 14.2 Å². The average Bonchev–Trinajstić information content (AvgIpc) is 3.09. The van der Waals surface area contributed by atoms with Crippen LogP contribution in [0.3, 0.4) is 0 Å². The summed E-state index contributed by atoms with van der Waals surface area (Å²) in [6.07, 6.45) is 0. The van der Waals surface area contributed by atoms with Crippen molar-refractivity contribution < 1.29 is 23.0 Å². The molecule has 0 saturated carbocycles. The first-order chi connectivity index (χ1) is 15.3. The molecule has 2 aliphatic heterocycles. The minimum atomic E-state index is -3.64. The van der Waals surface area contributed by atoms with Crippen LogP contribution >= 0.6 is 0 Å². The van der Waals surface area contributed by atoms with Gasteiger partial charge in [0.15, 0.2) is 0 Å². The van der Waals surface area contributed by atoms with Gasteiger partial charge in [0, 0.05) is 55.3 Å². The highest BCUT2D eigenvalue weighted by atomic mass is 32.2. The van der Waals surface area contributed by atoms with E-state index in [1.54, 1.807) is 31.4 Å². The number of nitrogens with zero attached hydrogens (tertiary/aromatic N) is 2. The van der Waals surface area contributed by atoms with Gasteiger partial charge in [0.1, 0.15) is 11.5 Å². The first kappa shape index (κ1) is 21.3. The number of sulfonamides is 1. The van der Waals surface area contributed by atoms with E-state index >= 15 is 0 Å². The Morgan fingerprint density at radius 2 is 1.84 bits per heavy atom. The molecule has 170 valence electrons. The van der Waals surface area contributed by atoms with Crippen LogP contribution < -0.4 is 14.8 Å². The van der Waals surface area contributed by atoms with Crippen molar-refractivity contribution in [1.29, 1.82) is 0 Å². The van der Waals surface area contributed by atoms with Gasteiger partial charge in [-0.25, -0.2) is 8.42 Å². The molecule has 1 saturated heterocycles. The summed E-state index contributed by atoms with van der Waals surface area (Å²) >= 11 is 0. The lowest BCUT2D eigenvalue weighted by molar-refractivity contribution is 0.121. The third kappa shape index (κ3) is 2.96. The largest absolute Gasteiger partial charge is 0.497 e. The van der Waals surface area contributed by atoms with Crippen LogP contribution in [0.1, 0.15) is 17.3 Å². The second-order valence-corrected chi connectivity index (χ2v) is 10.5. The fourth-order valence-electron chi connectivity index (χ4n) is 5.16. The number of aliphatic hydroxyl groups excluding tert-OH is 1. The first-order valence-corrected chi connectivity index (χ1v) is 11.9. The molecule has 9 heteroatoms. The van der Waals surface area contributed by atoms with E-state index in [-0.39, 0.29) is 23.0 Å². The van der Waals surface area contributed by atoms with Crippen LogP contribution in [-0.4, -0.2) is 62.9 Å². The minimum absolute atomic E-state index is 0.0315. The molecular weight excluding hydrogens is 430 g/mol. The molecule has 1 aromatic heterocycles. The highest BCUT2D eigenvalue weighted by molar-refractivity contribution is 7.89. The molecule has 8 nitrogen and oxygen atoms in total. The number of methoxy groups -OCH3 is 2. The quantitative estimate of drug-likeness (QED) is 0.607. The van der Waals surface area contributed by atoms with E-state index in [0.717, 1.165) is 27.9 Å². The normalized spacial score (nSPS) is 20.2. The summed E-state index contributed by atoms with van der Waals surface area (Å²) in [5.74, 6) is 1.27. The Kier molecular flexibility index (Phi) is 4.97. The zero-order valence-electron chi connectivity index (χ0n) is 18.3. The van der Waals surface area contributed by atoms with Gasteiger partial charge < -0.3 is 24.5 Å². The molecule has 1 spiro atoms. The van der Waals surface area contributed by atoms with Crippen molar-refractivity contribution in [2.24, 2.45) is 7.05 Å². The van der Waals surface area contributed by atoms with E-state index in [1.807, 2.05) is 25.2 Å². The van der Waals surface area contributed by atoms with E-state index in [2.05, 4.69) is 9.88 Å². The summed E-state index contributed by atoms with van der Waals surface area (Å²) in [4.78, 5) is 0.228. The van der Waals surface area contributed by atoms with Crippen LogP contribution in [0.2, 0.25) is 0 Å². The SMILES string of the molecule is COc1cccc(S(=O)(=O)N2CC3(CN[C@H](CO)c4c3c3ccc(OC)cc3n4C)C2)c1. The monoisotopic (exact) mass is 457 g/mol. The molecular formula is C23H27N3O5S. The first-order valence-electron chi connectivity index (χ1n) is 10.5. The molecule has 0 aliphatic carbocycles. The summed E-state index contributed by atoms with van der Waals surface area (Å²) in [7, 11) is 1.50. The average molecular weight is 458 g/mol. The molecule has 5 rings (SSSR count). The molecule has 0 amide bonds. The Hall–Kier alpha value is -2.59. The number of aromatic nitrogens is 1. The second kappa shape index (κ2) is 7.48. The minimum Gasteiger partial charge on any atom is -0.497 e. The van der Waals surface area contributed by atoms with Gasteiger partial charge >= 0.3 is 0 Å². The topological polar surface area (TPSA) is 93.0 Å². The Morgan fingerprint density at radius 3 is 2.53 bits per heavy atom. The van der Waals surface area contributed by atoms with Crippen LogP contribution in [0.5, 0.6) is 11.5 Å². The number of ether oxygens (including phenoxy) is 2. The fraction of sp³-hybridized carbons (Fsp3) is 0.391. The summed E-state index contributed by atoms with van der Waals surface area (Å²) in [5.41, 5.74) is 2.76. The Bertz CT molecular complexity index is 1290. The molecule has 0 bridgehead atoms. The summed E-state index contributed by atoms with van der Waals surface area (Å²) < 4.78 is 40.8. The highest BCUT2D eigenvalue weighted by Gasteiger charge is 2.54. The van der Waals surface area contributed by atoms with Crippen LogP contribution in [-0.2, 0) is 22.5 Å². The van der Waals surface area contributed by atoms with E-state index in [4.69, 9.17) is 9.47 Å². The zero-order chi connectivity index (χ0) is 22.7. The molecule has 2 N–H and O–H groups in total. The van der Waals surface area contributed by atoms with Gasteiger partial charge in [0.25, 0.3) is 0 Å². The van der Waals surface area contributed by atoms with Gasteiger partial charge in [0.2, 0.25) is 10.0 Å². The van der Waals surface area contributed by atoms with E-state index in [0.29, 0.717) is 25.4 Å². The van der Waals surface area contributed by atoms with Gasteiger partial charge in [-0.15, -0.1) is 0 Å². The van der Waals surface area contributed by atoms with E-state index in [1.165, 1.54) is 11.4 Å². The molecule has 32 heavy (non-hydrogen) atoms. The Labute approximate surface area is 187 Å². The predicted octanol–water partition coefficient (Wildman–Crippen LogP) is 1.77. The number of fused-ring (bicyclic) bond motifs is 4. The summed E-state index contributed by atoms with van der Waals surface area (Å²) in [6.45, 7) is 1.31. The lowest BCUT2D eigenvalue weighted by atomic mass is 9.70. The number of nitrogens with one attached hydrogen (secondary N) is 1. The molecule has 1 atom stereocenters. The van der Waals surface area contributed by atoms with Crippen LogP contribution in [0, 0.1) is 0 Å². The smallest absolute Gasteiger partial charge is 0.243 e. The third-order valence-corrected chi connectivity index (χ3v) is 8.61. The van der Waals surface area contributed by atoms with Gasteiger partial charge in [-0.05, 0) is 29.8 Å². The van der Waals surface area contributed by atoms with Crippen molar-refractivity contribution in [3.8, 4) is 11.5 Å². The lowest BCUT2D eigenvalue weighted by Gasteiger charge is -2.52. The number of hydrogen-bond donors (Lipinski definition) is 2. The maximum absolute atomic E-state index is 13.3. The number of benzene rings is 2. The van der Waals surface area contributed by atoms with Gasteiger partial charge in [0.05, 0.1) is 37.3 Å². The van der Waals surface area contributed by atoms with Gasteiger partial charge in [-0.3, -0.25) is 0 Å². The lowest BCUT2D eigenvalue weighted by Crippen LogP contribution is -2.67. The van der Waals surface area contributed by atoms with E-state index in [9.17, 15) is 13.5 Å². The maximum Gasteiger partial charge on any atom is 0.243 e. The Morgan fingerprint density at radius 1 is 1.12 bits per heavy atom. The molecule has 2 aliphatic rings. The maximum atomic E-state index is 13.3. The van der Waals surface area contributed by atoms with Crippen molar-refractivity contribution in [3.05, 3.63) is 53.7 Å².